The molecule has 0 spiro atoms. The summed E-state index contributed by atoms with van der Waals surface area (Å²) in [6, 6.07) is 12.5. The summed E-state index contributed by atoms with van der Waals surface area (Å²) >= 11 is 0. The molecule has 1 N–H and O–H groups in total. The van der Waals surface area contributed by atoms with Crippen LogP contribution in [0.2, 0.25) is 39.3 Å². The van der Waals surface area contributed by atoms with E-state index in [-0.39, 0.29) is 35.5 Å². The molecule has 0 bridgehead atoms. The van der Waals surface area contributed by atoms with Gasteiger partial charge in [-0.05, 0) is 0 Å². The van der Waals surface area contributed by atoms with Crippen LogP contribution in [0.1, 0.15) is 0 Å². The molecule has 1 aromatic rings. The molecular formula is C12H25ClMgNSi2+. The van der Waals surface area contributed by atoms with Gasteiger partial charge in [0, 0.05) is 0 Å². The predicted octanol–water partition coefficient (Wildman–Crippen LogP) is 3.77. The van der Waals surface area contributed by atoms with Gasteiger partial charge in [0.1, 0.15) is 16.5 Å². The van der Waals surface area contributed by atoms with Crippen LogP contribution in [-0.2, 0) is 0 Å². The van der Waals surface area contributed by atoms with Crippen molar-refractivity contribution < 1.29 is 0 Å². The maximum Gasteiger partial charge on any atom is 2.00 e. The monoisotopic (exact) mass is 298 g/mol. The maximum atomic E-state index is 3.74. The predicted molar refractivity (Wildman–Crippen MR) is 88.1 cm³/mol. The van der Waals surface area contributed by atoms with Gasteiger partial charge in [0.25, 0.3) is 0 Å². The van der Waals surface area contributed by atoms with E-state index in [1.807, 2.05) is 30.3 Å². The SMILES string of the molecule is C[Si](C)(C)N[Si](C)(C)C.Cl.[Mg+2].[c-]1ccccc1. The van der Waals surface area contributed by atoms with Crippen molar-refractivity contribution in [3.8, 4) is 0 Å². The number of nitrogens with one attached hydrogen (secondary N) is 1. The smallest absolute Gasteiger partial charge is 0.360 e. The van der Waals surface area contributed by atoms with Gasteiger partial charge in [-0.1, -0.05) is 39.3 Å². The molecule has 0 unspecified atom stereocenters. The van der Waals surface area contributed by atoms with E-state index >= 15 is 0 Å². The van der Waals surface area contributed by atoms with Gasteiger partial charge >= 0.3 is 23.1 Å². The summed E-state index contributed by atoms with van der Waals surface area (Å²) in [5, 5.41) is 0. The zero-order chi connectivity index (χ0) is 11.9. The second-order valence-electron chi connectivity index (χ2n) is 5.70. The topological polar surface area (TPSA) is 12.0 Å². The van der Waals surface area contributed by atoms with E-state index in [1.54, 1.807) is 0 Å². The van der Waals surface area contributed by atoms with E-state index in [4.69, 9.17) is 0 Å². The van der Waals surface area contributed by atoms with E-state index in [1.165, 1.54) is 0 Å². The van der Waals surface area contributed by atoms with Crippen molar-refractivity contribution in [2.45, 2.75) is 39.3 Å². The normalized spacial score (nSPS) is 10.2. The van der Waals surface area contributed by atoms with Crippen LogP contribution in [0.3, 0.4) is 0 Å². The van der Waals surface area contributed by atoms with Crippen molar-refractivity contribution in [1.82, 2.24) is 4.65 Å². The van der Waals surface area contributed by atoms with Gasteiger partial charge < -0.3 is 4.65 Å². The first-order valence-corrected chi connectivity index (χ1v) is 12.4. The van der Waals surface area contributed by atoms with Crippen molar-refractivity contribution >= 4 is 51.9 Å². The van der Waals surface area contributed by atoms with Crippen LogP contribution in [0.4, 0.5) is 0 Å². The Morgan fingerprint density at radius 2 is 1.12 bits per heavy atom. The van der Waals surface area contributed by atoms with Crippen LogP contribution in [0, 0.1) is 6.07 Å². The van der Waals surface area contributed by atoms with Gasteiger partial charge in [-0.2, -0.15) is 36.4 Å². The number of benzene rings is 1. The molecule has 1 aromatic carbocycles. The zero-order valence-corrected chi connectivity index (χ0v) is 16.2. The van der Waals surface area contributed by atoms with Gasteiger partial charge in [-0.25, -0.2) is 0 Å². The summed E-state index contributed by atoms with van der Waals surface area (Å²) in [5.74, 6) is 0. The molecule has 5 heteroatoms. The third-order valence-electron chi connectivity index (χ3n) is 1.36. The van der Waals surface area contributed by atoms with Crippen molar-refractivity contribution in [2.75, 3.05) is 0 Å². The van der Waals surface area contributed by atoms with Crippen molar-refractivity contribution in [3.05, 3.63) is 36.4 Å². The van der Waals surface area contributed by atoms with Crippen LogP contribution in [0.5, 0.6) is 0 Å². The molecule has 17 heavy (non-hydrogen) atoms. The average molecular weight is 299 g/mol. The van der Waals surface area contributed by atoms with E-state index in [0.29, 0.717) is 0 Å². The maximum absolute atomic E-state index is 3.74. The molecule has 1 nitrogen and oxygen atoms in total. The summed E-state index contributed by atoms with van der Waals surface area (Å²) in [4.78, 5) is 0. The summed E-state index contributed by atoms with van der Waals surface area (Å²) in [5.41, 5.74) is 0. The molecule has 0 aromatic heterocycles. The Bertz CT molecular complexity index is 219. The fourth-order valence-corrected chi connectivity index (χ4v) is 10.5. The number of rotatable bonds is 2. The molecular weight excluding hydrogens is 274 g/mol. The molecule has 0 radical (unpaired) electrons. The first-order valence-electron chi connectivity index (χ1n) is 5.41. The van der Waals surface area contributed by atoms with Crippen molar-refractivity contribution in [3.63, 3.8) is 0 Å². The van der Waals surface area contributed by atoms with Gasteiger partial charge in [0.2, 0.25) is 0 Å². The quantitative estimate of drug-likeness (QED) is 0.647. The molecule has 1 rings (SSSR count). The Kier molecular flexibility index (Phi) is 14.2. The van der Waals surface area contributed by atoms with Gasteiger partial charge in [0.15, 0.2) is 0 Å². The molecule has 0 saturated heterocycles. The number of hydrogen-bond donors (Lipinski definition) is 1. The van der Waals surface area contributed by atoms with Crippen molar-refractivity contribution in [1.29, 1.82) is 0 Å². The van der Waals surface area contributed by atoms with Crippen LogP contribution in [0.25, 0.3) is 0 Å². The van der Waals surface area contributed by atoms with Crippen LogP contribution in [0.15, 0.2) is 30.3 Å². The Morgan fingerprint density at radius 1 is 0.765 bits per heavy atom. The molecule has 0 aliphatic heterocycles. The van der Waals surface area contributed by atoms with Crippen LogP contribution < -0.4 is 4.65 Å². The van der Waals surface area contributed by atoms with Crippen LogP contribution in [-0.4, -0.2) is 39.5 Å². The van der Waals surface area contributed by atoms with E-state index < -0.39 is 16.5 Å². The van der Waals surface area contributed by atoms with Crippen LogP contribution >= 0.6 is 12.4 Å². The first-order chi connectivity index (χ1) is 6.71. The molecule has 0 atom stereocenters. The molecule has 0 amide bonds. The van der Waals surface area contributed by atoms with E-state index in [0.717, 1.165) is 0 Å². The van der Waals surface area contributed by atoms with E-state index in [2.05, 4.69) is 50.0 Å². The second-order valence-corrected chi connectivity index (χ2v) is 15.7. The zero-order valence-electron chi connectivity index (χ0n) is 12.0. The molecule has 0 saturated carbocycles. The molecule has 0 aliphatic carbocycles. The standard InChI is InChI=1S/C6H19NSi2.C6H5.ClH.Mg/c1-8(2,3)7-9(4,5)6;1-2-4-6-5-3-1;;/h7H,1-6H3;1-5H;1H;/q;-1;;+2. The number of halogens is 1. The fraction of sp³-hybridized carbons (Fsp3) is 0.500. The minimum Gasteiger partial charge on any atom is -0.360 e. The second kappa shape index (κ2) is 10.6. The third-order valence-corrected chi connectivity index (χ3v) is 7.36. The fourth-order valence-electron chi connectivity index (χ4n) is 1.47. The van der Waals surface area contributed by atoms with Gasteiger partial charge in [0.05, 0.1) is 0 Å². The summed E-state index contributed by atoms with van der Waals surface area (Å²) in [6.07, 6.45) is 0. The molecule has 0 aliphatic rings. The largest absolute Gasteiger partial charge is 2.00 e. The third kappa shape index (κ3) is 22.3. The van der Waals surface area contributed by atoms with Gasteiger partial charge in [-0.3, -0.25) is 0 Å². The van der Waals surface area contributed by atoms with Gasteiger partial charge in [-0.15, -0.1) is 12.4 Å². The first kappa shape index (κ1) is 22.8. The number of hydrogen-bond acceptors (Lipinski definition) is 1. The molecule has 0 heterocycles. The summed E-state index contributed by atoms with van der Waals surface area (Å²) in [7, 11) is -1.96. The summed E-state index contributed by atoms with van der Waals surface area (Å²) < 4.78 is 3.74. The minimum absolute atomic E-state index is 0. The molecule has 94 valence electrons. The minimum atomic E-state index is -0.981. The van der Waals surface area contributed by atoms with Crippen molar-refractivity contribution in [2.24, 2.45) is 0 Å². The Balaban J connectivity index is -0.000000216. The van der Waals surface area contributed by atoms with E-state index in [9.17, 15) is 0 Å². The average Bonchev–Trinajstić information content (AvgIpc) is 2.01. The Labute approximate surface area is 132 Å². The Morgan fingerprint density at radius 3 is 1.18 bits per heavy atom. The molecule has 0 fully saturated rings. The Hall–Kier alpha value is 0.670. The summed E-state index contributed by atoms with van der Waals surface area (Å²) in [6.45, 7) is 14.1.